The number of fused-ring (bicyclic) bond motifs is 1. The summed E-state index contributed by atoms with van der Waals surface area (Å²) in [6.45, 7) is 0. The van der Waals surface area contributed by atoms with E-state index in [4.69, 9.17) is 0 Å². The van der Waals surface area contributed by atoms with Crippen LogP contribution in [0.5, 0.6) is 0 Å². The maximum Gasteiger partial charge on any atom is 0.226 e. The summed E-state index contributed by atoms with van der Waals surface area (Å²) in [6.07, 6.45) is 6.47. The maximum absolute atomic E-state index is 12.0. The molecule has 2 aliphatic rings. The van der Waals surface area contributed by atoms with Crippen molar-refractivity contribution in [1.29, 1.82) is 0 Å². The third-order valence-electron chi connectivity index (χ3n) is 3.97. The number of amides is 1. The molecule has 1 saturated carbocycles. The summed E-state index contributed by atoms with van der Waals surface area (Å²) in [4.78, 5) is 12.0. The van der Waals surface area contributed by atoms with E-state index in [-0.39, 0.29) is 11.4 Å². The maximum atomic E-state index is 12.0. The van der Waals surface area contributed by atoms with Crippen molar-refractivity contribution in [2.75, 3.05) is 10.6 Å². The van der Waals surface area contributed by atoms with Crippen LogP contribution in [0, 0.1) is 0 Å². The summed E-state index contributed by atoms with van der Waals surface area (Å²) in [7, 11) is 0. The average molecular weight is 309 g/mol. The van der Waals surface area contributed by atoms with Gasteiger partial charge in [0.2, 0.25) is 5.91 Å². The van der Waals surface area contributed by atoms with Crippen LogP contribution in [0.15, 0.2) is 22.7 Å². The van der Waals surface area contributed by atoms with Crippen molar-refractivity contribution >= 4 is 33.2 Å². The molecule has 1 spiro atoms. The standard InChI is InChI=1S/C14H17BrN2O/c15-10-4-5-11-12(8-10)17-14(9-13(18)16-11)6-2-1-3-7-14/h4-5,8,17H,1-3,6-7,9H2,(H,16,18). The van der Waals surface area contributed by atoms with Gasteiger partial charge in [0.1, 0.15) is 0 Å². The number of anilines is 2. The molecule has 1 aliphatic carbocycles. The number of hydrogen-bond acceptors (Lipinski definition) is 2. The van der Waals surface area contributed by atoms with Gasteiger partial charge in [-0.15, -0.1) is 0 Å². The highest BCUT2D eigenvalue weighted by Crippen LogP contribution is 2.39. The molecule has 1 heterocycles. The quantitative estimate of drug-likeness (QED) is 0.763. The van der Waals surface area contributed by atoms with Crippen molar-refractivity contribution < 1.29 is 4.79 Å². The molecule has 0 unspecified atom stereocenters. The number of hydrogen-bond donors (Lipinski definition) is 2. The molecule has 0 radical (unpaired) electrons. The summed E-state index contributed by atoms with van der Waals surface area (Å²) in [5.41, 5.74) is 1.90. The van der Waals surface area contributed by atoms with Gasteiger partial charge in [-0.1, -0.05) is 35.2 Å². The Labute approximate surface area is 115 Å². The molecule has 3 nitrogen and oxygen atoms in total. The van der Waals surface area contributed by atoms with Crippen LogP contribution in [0.2, 0.25) is 0 Å². The SMILES string of the molecule is O=C1CC2(CCCCC2)Nc2cc(Br)ccc2N1. The van der Waals surface area contributed by atoms with E-state index in [2.05, 4.69) is 32.6 Å². The summed E-state index contributed by atoms with van der Waals surface area (Å²) in [6, 6.07) is 5.96. The first kappa shape index (κ1) is 12.0. The van der Waals surface area contributed by atoms with Crippen LogP contribution < -0.4 is 10.6 Å². The molecule has 4 heteroatoms. The molecule has 18 heavy (non-hydrogen) atoms. The molecule has 1 aromatic carbocycles. The zero-order valence-electron chi connectivity index (χ0n) is 10.3. The summed E-state index contributed by atoms with van der Waals surface area (Å²) < 4.78 is 1.04. The van der Waals surface area contributed by atoms with E-state index in [1.54, 1.807) is 0 Å². The van der Waals surface area contributed by atoms with E-state index in [0.29, 0.717) is 6.42 Å². The Morgan fingerprint density at radius 3 is 2.67 bits per heavy atom. The third-order valence-corrected chi connectivity index (χ3v) is 4.46. The minimum atomic E-state index is -0.0334. The van der Waals surface area contributed by atoms with Gasteiger partial charge in [0.25, 0.3) is 0 Å². The first-order chi connectivity index (χ1) is 8.67. The van der Waals surface area contributed by atoms with Crippen LogP contribution in [0.25, 0.3) is 0 Å². The van der Waals surface area contributed by atoms with Gasteiger partial charge in [-0.25, -0.2) is 0 Å². The first-order valence-corrected chi connectivity index (χ1v) is 7.34. The van der Waals surface area contributed by atoms with Gasteiger partial charge in [0, 0.05) is 16.4 Å². The van der Waals surface area contributed by atoms with Gasteiger partial charge >= 0.3 is 0 Å². The number of halogens is 1. The zero-order valence-corrected chi connectivity index (χ0v) is 11.8. The van der Waals surface area contributed by atoms with Crippen molar-refractivity contribution in [3.8, 4) is 0 Å². The number of carbonyl (C=O) groups is 1. The fourth-order valence-electron chi connectivity index (χ4n) is 3.09. The molecule has 1 aromatic rings. The van der Waals surface area contributed by atoms with Crippen molar-refractivity contribution in [3.05, 3.63) is 22.7 Å². The van der Waals surface area contributed by atoms with Gasteiger partial charge in [-0.05, 0) is 31.0 Å². The van der Waals surface area contributed by atoms with Crippen molar-refractivity contribution in [2.45, 2.75) is 44.1 Å². The first-order valence-electron chi connectivity index (χ1n) is 6.55. The second-order valence-electron chi connectivity index (χ2n) is 5.38. The Bertz CT molecular complexity index is 481. The van der Waals surface area contributed by atoms with E-state index in [9.17, 15) is 4.79 Å². The van der Waals surface area contributed by atoms with Crippen molar-refractivity contribution in [1.82, 2.24) is 0 Å². The lowest BCUT2D eigenvalue weighted by Gasteiger charge is -2.37. The highest BCUT2D eigenvalue weighted by atomic mass is 79.9. The molecule has 1 amide bonds. The molecule has 0 saturated heterocycles. The molecule has 96 valence electrons. The lowest BCUT2D eigenvalue weighted by molar-refractivity contribution is -0.117. The minimum absolute atomic E-state index is 0.0334. The van der Waals surface area contributed by atoms with Crippen LogP contribution in [0.1, 0.15) is 38.5 Å². The number of benzene rings is 1. The molecule has 0 aromatic heterocycles. The predicted octanol–water partition coefficient (Wildman–Crippen LogP) is 3.91. The zero-order chi connectivity index (χ0) is 12.6. The number of rotatable bonds is 0. The Kier molecular flexibility index (Phi) is 3.06. The molecular formula is C14H17BrN2O. The van der Waals surface area contributed by atoms with Gasteiger partial charge in [-0.3, -0.25) is 4.79 Å². The lowest BCUT2D eigenvalue weighted by atomic mass is 9.79. The average Bonchev–Trinajstić information content (AvgIpc) is 2.45. The summed E-state index contributed by atoms with van der Waals surface area (Å²) in [5, 5.41) is 6.63. The summed E-state index contributed by atoms with van der Waals surface area (Å²) in [5.74, 6) is 0.130. The topological polar surface area (TPSA) is 41.1 Å². The molecule has 2 N–H and O–H groups in total. The van der Waals surface area contributed by atoms with E-state index < -0.39 is 0 Å². The van der Waals surface area contributed by atoms with E-state index in [1.807, 2.05) is 12.1 Å². The van der Waals surface area contributed by atoms with Crippen molar-refractivity contribution in [3.63, 3.8) is 0 Å². The van der Waals surface area contributed by atoms with E-state index in [0.717, 1.165) is 28.7 Å². The largest absolute Gasteiger partial charge is 0.377 e. The predicted molar refractivity (Wildman–Crippen MR) is 76.8 cm³/mol. The van der Waals surface area contributed by atoms with E-state index in [1.165, 1.54) is 19.3 Å². The van der Waals surface area contributed by atoms with E-state index >= 15 is 0 Å². The molecule has 0 atom stereocenters. The summed E-state index contributed by atoms with van der Waals surface area (Å²) >= 11 is 3.49. The molecule has 1 aliphatic heterocycles. The van der Waals surface area contributed by atoms with Gasteiger partial charge in [-0.2, -0.15) is 0 Å². The van der Waals surface area contributed by atoms with Gasteiger partial charge in [0.15, 0.2) is 0 Å². The molecular weight excluding hydrogens is 292 g/mol. The Balaban J connectivity index is 1.98. The van der Waals surface area contributed by atoms with Crippen LogP contribution in [-0.2, 0) is 4.79 Å². The Hall–Kier alpha value is -1.03. The van der Waals surface area contributed by atoms with Crippen molar-refractivity contribution in [2.24, 2.45) is 0 Å². The monoisotopic (exact) mass is 308 g/mol. The Morgan fingerprint density at radius 1 is 1.11 bits per heavy atom. The normalized spacial score (nSPS) is 21.7. The fraction of sp³-hybridized carbons (Fsp3) is 0.500. The lowest BCUT2D eigenvalue weighted by Crippen LogP contribution is -2.41. The molecule has 1 fully saturated rings. The fourth-order valence-corrected chi connectivity index (χ4v) is 3.45. The van der Waals surface area contributed by atoms with Crippen LogP contribution >= 0.6 is 15.9 Å². The number of nitrogens with one attached hydrogen (secondary N) is 2. The molecule has 0 bridgehead atoms. The van der Waals surface area contributed by atoms with Crippen LogP contribution in [0.4, 0.5) is 11.4 Å². The highest BCUT2D eigenvalue weighted by Gasteiger charge is 2.36. The van der Waals surface area contributed by atoms with Gasteiger partial charge in [0.05, 0.1) is 11.4 Å². The number of carbonyl (C=O) groups excluding carboxylic acids is 1. The Morgan fingerprint density at radius 2 is 1.89 bits per heavy atom. The highest BCUT2D eigenvalue weighted by molar-refractivity contribution is 9.10. The smallest absolute Gasteiger partial charge is 0.226 e. The minimum Gasteiger partial charge on any atom is -0.377 e. The molecule has 3 rings (SSSR count). The second-order valence-corrected chi connectivity index (χ2v) is 6.30. The van der Waals surface area contributed by atoms with Crippen LogP contribution in [0.3, 0.4) is 0 Å². The van der Waals surface area contributed by atoms with Crippen LogP contribution in [-0.4, -0.2) is 11.4 Å². The third kappa shape index (κ3) is 2.26. The van der Waals surface area contributed by atoms with Gasteiger partial charge < -0.3 is 10.6 Å². The second kappa shape index (κ2) is 4.57.